The van der Waals surface area contributed by atoms with Crippen molar-refractivity contribution in [2.45, 2.75) is 30.8 Å². The number of benzene rings is 2. The number of likely N-dealkylation sites (tertiary alicyclic amines) is 1. The highest BCUT2D eigenvalue weighted by atomic mass is 35.5. The molecule has 1 fully saturated rings. The van der Waals surface area contributed by atoms with Gasteiger partial charge in [0.15, 0.2) is 0 Å². The fourth-order valence-electron chi connectivity index (χ4n) is 6.07. The summed E-state index contributed by atoms with van der Waals surface area (Å²) in [5.41, 5.74) is 4.44. The molecular weight excluding hydrogens is 476 g/mol. The minimum atomic E-state index is -0.145. The van der Waals surface area contributed by atoms with Crippen LogP contribution in [0, 0.1) is 0 Å². The van der Waals surface area contributed by atoms with Crippen LogP contribution in [0.1, 0.15) is 35.7 Å². The summed E-state index contributed by atoms with van der Waals surface area (Å²) in [6.45, 7) is 3.45. The summed E-state index contributed by atoms with van der Waals surface area (Å²) in [7, 11) is 5.54. The number of aromatic amines is 1. The molecule has 1 amide bonds. The van der Waals surface area contributed by atoms with Gasteiger partial charge in [-0.3, -0.25) is 9.69 Å². The van der Waals surface area contributed by atoms with E-state index in [1.165, 1.54) is 10.9 Å². The van der Waals surface area contributed by atoms with Crippen molar-refractivity contribution in [1.82, 2.24) is 19.7 Å². The van der Waals surface area contributed by atoms with E-state index in [4.69, 9.17) is 16.3 Å². The Bertz CT molecular complexity index is 1230. The minimum Gasteiger partial charge on any atom is -0.497 e. The third-order valence-electron chi connectivity index (χ3n) is 7.84. The van der Waals surface area contributed by atoms with E-state index >= 15 is 0 Å². The van der Waals surface area contributed by atoms with Crippen LogP contribution in [0.3, 0.4) is 0 Å². The van der Waals surface area contributed by atoms with Crippen molar-refractivity contribution in [2.24, 2.45) is 0 Å². The van der Waals surface area contributed by atoms with E-state index in [2.05, 4.69) is 28.1 Å². The lowest BCUT2D eigenvalue weighted by Crippen LogP contribution is -2.55. The third kappa shape index (κ3) is 4.61. The number of aliphatic hydroxyl groups excluding tert-OH is 1. The van der Waals surface area contributed by atoms with E-state index in [0.29, 0.717) is 18.1 Å². The number of likely N-dealkylation sites (N-methyl/N-ethyl adjacent to an activating group) is 1. The number of hydrogen-bond acceptors (Lipinski definition) is 5. The molecule has 3 heterocycles. The summed E-state index contributed by atoms with van der Waals surface area (Å²) in [6.07, 6.45) is 1.76. The highest BCUT2D eigenvalue weighted by Gasteiger charge is 2.47. The molecule has 7 nitrogen and oxygen atoms in total. The average Bonchev–Trinajstić information content (AvgIpc) is 3.25. The van der Waals surface area contributed by atoms with Crippen molar-refractivity contribution in [3.05, 3.63) is 64.3 Å². The Morgan fingerprint density at radius 2 is 1.92 bits per heavy atom. The number of nitrogens with one attached hydrogen (secondary N) is 1. The second-order valence-electron chi connectivity index (χ2n) is 10.5. The van der Waals surface area contributed by atoms with Crippen LogP contribution in [-0.2, 0) is 16.8 Å². The number of piperidine rings is 1. The predicted molar refractivity (Wildman–Crippen MR) is 143 cm³/mol. The van der Waals surface area contributed by atoms with Gasteiger partial charge in [0.2, 0.25) is 5.91 Å². The standard InChI is InChI=1S/C28H35ClN4O3/c1-31(2)16-25(35)32-12-10-28(11-13-32)18-33(15-19-4-6-20(29)7-5-19)24(17-34)27-26(28)22-9-8-21(36-3)14-23(22)30-27/h4-9,14,24,30,34H,10-13,15-18H2,1-3H3/t24-/m1/s1. The molecule has 0 bridgehead atoms. The van der Waals surface area contributed by atoms with Crippen molar-refractivity contribution in [1.29, 1.82) is 0 Å². The summed E-state index contributed by atoms with van der Waals surface area (Å²) in [6, 6.07) is 14.0. The quantitative estimate of drug-likeness (QED) is 0.528. The van der Waals surface area contributed by atoms with E-state index in [1.54, 1.807) is 7.11 Å². The average molecular weight is 511 g/mol. The van der Waals surface area contributed by atoms with Crippen LogP contribution < -0.4 is 4.74 Å². The molecule has 1 atom stereocenters. The molecular formula is C28H35ClN4O3. The van der Waals surface area contributed by atoms with Gasteiger partial charge < -0.3 is 24.6 Å². The van der Waals surface area contributed by atoms with Gasteiger partial charge >= 0.3 is 0 Å². The third-order valence-corrected chi connectivity index (χ3v) is 8.09. The zero-order valence-corrected chi connectivity index (χ0v) is 22.0. The Labute approximate surface area is 217 Å². The van der Waals surface area contributed by atoms with Crippen LogP contribution in [0.4, 0.5) is 0 Å². The first kappa shape index (κ1) is 25.1. The second kappa shape index (κ2) is 10.1. The molecule has 192 valence electrons. The highest BCUT2D eigenvalue weighted by Crippen LogP contribution is 2.49. The zero-order valence-electron chi connectivity index (χ0n) is 21.3. The number of aliphatic hydroxyl groups is 1. The van der Waals surface area contributed by atoms with Crippen LogP contribution >= 0.6 is 11.6 Å². The molecule has 8 heteroatoms. The molecule has 2 aliphatic rings. The maximum Gasteiger partial charge on any atom is 0.236 e. The van der Waals surface area contributed by atoms with Gasteiger partial charge in [-0.1, -0.05) is 23.7 Å². The van der Waals surface area contributed by atoms with Crippen LogP contribution in [0.5, 0.6) is 5.75 Å². The molecule has 0 aliphatic carbocycles. The Balaban J connectivity index is 1.54. The van der Waals surface area contributed by atoms with Gasteiger partial charge in [-0.25, -0.2) is 0 Å². The van der Waals surface area contributed by atoms with Gasteiger partial charge in [0.05, 0.1) is 26.3 Å². The van der Waals surface area contributed by atoms with E-state index in [0.717, 1.165) is 55.0 Å². The molecule has 2 N–H and O–H groups in total. The summed E-state index contributed by atoms with van der Waals surface area (Å²) in [4.78, 5) is 22.8. The topological polar surface area (TPSA) is 72.0 Å². The molecule has 2 aromatic carbocycles. The number of amides is 1. The number of nitrogens with zero attached hydrogens (tertiary/aromatic N) is 3. The van der Waals surface area contributed by atoms with E-state index < -0.39 is 0 Å². The fraction of sp³-hybridized carbons (Fsp3) is 0.464. The summed E-state index contributed by atoms with van der Waals surface area (Å²) in [5.74, 6) is 0.985. The number of methoxy groups -OCH3 is 1. The molecule has 0 unspecified atom stereocenters. The first-order chi connectivity index (χ1) is 17.3. The summed E-state index contributed by atoms with van der Waals surface area (Å²) in [5, 5.41) is 12.5. The Hall–Kier alpha value is -2.58. The number of hydrogen-bond donors (Lipinski definition) is 2. The van der Waals surface area contributed by atoms with Crippen molar-refractivity contribution < 1.29 is 14.6 Å². The lowest BCUT2D eigenvalue weighted by molar-refractivity contribution is -0.133. The molecule has 0 saturated carbocycles. The Kier molecular flexibility index (Phi) is 7.01. The monoisotopic (exact) mass is 510 g/mol. The zero-order chi connectivity index (χ0) is 25.4. The van der Waals surface area contributed by atoms with Crippen molar-refractivity contribution in [2.75, 3.05) is 54.0 Å². The number of aromatic nitrogens is 1. The number of carbonyl (C=O) groups is 1. The lowest BCUT2D eigenvalue weighted by Gasteiger charge is -2.50. The molecule has 5 rings (SSSR count). The SMILES string of the molecule is COc1ccc2c3c([nH]c2c1)[C@@H](CO)N(Cc1ccc(Cl)cc1)CC31CCN(C(=O)CN(C)C)CC1. The molecule has 1 spiro atoms. The van der Waals surface area contributed by atoms with Gasteiger partial charge in [0.1, 0.15) is 5.75 Å². The maximum atomic E-state index is 12.8. The first-order valence-corrected chi connectivity index (χ1v) is 12.9. The predicted octanol–water partition coefficient (Wildman–Crippen LogP) is 3.80. The van der Waals surface area contributed by atoms with E-state index in [-0.39, 0.29) is 24.0 Å². The molecule has 36 heavy (non-hydrogen) atoms. The van der Waals surface area contributed by atoms with Crippen LogP contribution in [0.2, 0.25) is 5.02 Å². The molecule has 1 aromatic heterocycles. The van der Waals surface area contributed by atoms with Gasteiger partial charge in [-0.05, 0) is 62.3 Å². The van der Waals surface area contributed by atoms with Crippen molar-refractivity contribution in [3.8, 4) is 5.75 Å². The van der Waals surface area contributed by atoms with Crippen molar-refractivity contribution in [3.63, 3.8) is 0 Å². The van der Waals surface area contributed by atoms with Gasteiger partial charge in [0.25, 0.3) is 0 Å². The lowest BCUT2D eigenvalue weighted by atomic mass is 9.68. The Morgan fingerprint density at radius 3 is 2.56 bits per heavy atom. The largest absolute Gasteiger partial charge is 0.497 e. The van der Waals surface area contributed by atoms with Gasteiger partial charge in [-0.2, -0.15) is 0 Å². The minimum absolute atomic E-state index is 0.0219. The smallest absolute Gasteiger partial charge is 0.236 e. The molecule has 0 radical (unpaired) electrons. The van der Waals surface area contributed by atoms with E-state index in [9.17, 15) is 9.90 Å². The van der Waals surface area contributed by atoms with Crippen molar-refractivity contribution >= 4 is 28.4 Å². The van der Waals surface area contributed by atoms with Crippen LogP contribution in [0.25, 0.3) is 10.9 Å². The second-order valence-corrected chi connectivity index (χ2v) is 10.9. The summed E-state index contributed by atoms with van der Waals surface area (Å²) >= 11 is 6.13. The number of carbonyl (C=O) groups excluding carboxylic acids is 1. The Morgan fingerprint density at radius 1 is 1.19 bits per heavy atom. The van der Waals surface area contributed by atoms with Gasteiger partial charge in [-0.15, -0.1) is 0 Å². The van der Waals surface area contributed by atoms with Gasteiger partial charge in [0, 0.05) is 59.3 Å². The molecule has 2 aliphatic heterocycles. The number of ether oxygens (including phenoxy) is 1. The molecule has 1 saturated heterocycles. The normalized spacial score (nSPS) is 19.7. The van der Waals surface area contributed by atoms with E-state index in [1.807, 2.05) is 48.2 Å². The molecule has 3 aromatic rings. The van der Waals surface area contributed by atoms with Crippen LogP contribution in [0.15, 0.2) is 42.5 Å². The maximum absolute atomic E-state index is 12.8. The number of H-pyrrole nitrogens is 1. The number of halogens is 1. The number of rotatable bonds is 6. The summed E-state index contributed by atoms with van der Waals surface area (Å²) < 4.78 is 5.49. The highest BCUT2D eigenvalue weighted by molar-refractivity contribution is 6.30. The first-order valence-electron chi connectivity index (χ1n) is 12.6. The fourth-order valence-corrected chi connectivity index (χ4v) is 6.19. The number of fused-ring (bicyclic) bond motifs is 4. The van der Waals surface area contributed by atoms with Crippen LogP contribution in [-0.4, -0.2) is 84.7 Å².